The Morgan fingerprint density at radius 3 is 2.86 bits per heavy atom. The zero-order valence-corrected chi connectivity index (χ0v) is 19.2. The molecule has 0 saturated carbocycles. The Kier molecular flexibility index (Phi) is 6.08. The van der Waals surface area contributed by atoms with Crippen LogP contribution in [0.1, 0.15) is 31.4 Å². The van der Waals surface area contributed by atoms with Crippen LogP contribution in [-0.4, -0.2) is 48.6 Å². The number of hydrogen-bond donors (Lipinski definition) is 3. The number of allylic oxidation sites excluding steroid dienone is 1. The van der Waals surface area contributed by atoms with Crippen molar-refractivity contribution in [1.29, 1.82) is 0 Å². The Bertz CT molecular complexity index is 1260. The van der Waals surface area contributed by atoms with Gasteiger partial charge in [0.15, 0.2) is 17.9 Å². The molecule has 0 aliphatic carbocycles. The lowest BCUT2D eigenvalue weighted by Crippen LogP contribution is -2.45. The number of aliphatic imine (C=N–C) groups is 2. The lowest BCUT2D eigenvalue weighted by atomic mass is 9.87. The standard InChI is InChI=1S/C24H25FN6O4/c1-12-21-18(30-24(26)27-12)11-17(29-22(21)31-35-19-8-9-34-23(19)32)14-7-6-13(25)10-15(14)16-4-3-5-20(28-16)33-2/h3-7,10,17-19H,8-9,11H2,1-2H3,(H,29,31)(H3,26,27,30)/t17-,18?,19?/m1/s1. The molecule has 1 aromatic heterocycles. The Labute approximate surface area is 201 Å². The maximum Gasteiger partial charge on any atom is 0.338 e. The highest BCUT2D eigenvalue weighted by molar-refractivity contribution is 6.02. The number of esters is 1. The summed E-state index contributed by atoms with van der Waals surface area (Å²) in [4.78, 5) is 31.5. The highest BCUT2D eigenvalue weighted by atomic mass is 19.1. The van der Waals surface area contributed by atoms with Gasteiger partial charge in [0.2, 0.25) is 5.88 Å². The van der Waals surface area contributed by atoms with E-state index in [1.165, 1.54) is 19.2 Å². The first-order chi connectivity index (χ1) is 16.9. The number of nitrogens with two attached hydrogens (primary N) is 1. The van der Waals surface area contributed by atoms with E-state index < -0.39 is 23.9 Å². The molecule has 1 aromatic carbocycles. The summed E-state index contributed by atoms with van der Waals surface area (Å²) in [6, 6.07) is 9.09. The van der Waals surface area contributed by atoms with Crippen LogP contribution in [-0.2, 0) is 14.4 Å². The number of nitrogens with one attached hydrogen (secondary N) is 2. The quantitative estimate of drug-likeness (QED) is 0.438. The van der Waals surface area contributed by atoms with Gasteiger partial charge in [-0.1, -0.05) is 12.1 Å². The molecular formula is C24H25FN6O4. The van der Waals surface area contributed by atoms with Crippen molar-refractivity contribution in [3.63, 3.8) is 0 Å². The molecule has 1 saturated heterocycles. The van der Waals surface area contributed by atoms with E-state index in [2.05, 4.69) is 20.8 Å². The summed E-state index contributed by atoms with van der Waals surface area (Å²) in [6.07, 6.45) is 0.204. The van der Waals surface area contributed by atoms with Gasteiger partial charge in [-0.15, -0.1) is 0 Å². The number of hydrogen-bond acceptors (Lipinski definition) is 10. The molecule has 5 rings (SSSR count). The predicted octanol–water partition coefficient (Wildman–Crippen LogP) is 2.14. The fourth-order valence-electron chi connectivity index (χ4n) is 4.48. The number of pyridine rings is 1. The van der Waals surface area contributed by atoms with Crippen molar-refractivity contribution in [1.82, 2.24) is 15.8 Å². The van der Waals surface area contributed by atoms with Crippen molar-refractivity contribution < 1.29 is 23.5 Å². The van der Waals surface area contributed by atoms with Crippen molar-refractivity contribution in [3.05, 3.63) is 59.0 Å². The molecule has 3 atom stereocenters. The van der Waals surface area contributed by atoms with Crippen LogP contribution in [0.15, 0.2) is 57.7 Å². The van der Waals surface area contributed by atoms with Crippen molar-refractivity contribution in [2.75, 3.05) is 13.7 Å². The molecular weight excluding hydrogens is 455 g/mol. The van der Waals surface area contributed by atoms with E-state index in [1.807, 2.05) is 6.92 Å². The first kappa shape index (κ1) is 22.8. The molecule has 10 nitrogen and oxygen atoms in total. The van der Waals surface area contributed by atoms with Gasteiger partial charge in [-0.25, -0.2) is 24.6 Å². The number of ether oxygens (including phenoxy) is 2. The van der Waals surface area contributed by atoms with Crippen LogP contribution in [0.3, 0.4) is 0 Å². The molecule has 0 radical (unpaired) electrons. The molecule has 3 aliphatic heterocycles. The third-order valence-electron chi connectivity index (χ3n) is 6.10. The molecule has 4 heterocycles. The minimum Gasteiger partial charge on any atom is -0.481 e. The third kappa shape index (κ3) is 4.54. The maximum absolute atomic E-state index is 14.3. The summed E-state index contributed by atoms with van der Waals surface area (Å²) in [6.45, 7) is 2.17. The number of carbonyl (C=O) groups is 1. The van der Waals surface area contributed by atoms with E-state index in [1.54, 1.807) is 24.3 Å². The van der Waals surface area contributed by atoms with Gasteiger partial charge < -0.3 is 20.5 Å². The van der Waals surface area contributed by atoms with Crippen molar-refractivity contribution >= 4 is 17.8 Å². The number of cyclic esters (lactones) is 1. The predicted molar refractivity (Wildman–Crippen MR) is 126 cm³/mol. The van der Waals surface area contributed by atoms with E-state index in [0.29, 0.717) is 48.4 Å². The van der Waals surface area contributed by atoms with E-state index in [0.717, 1.165) is 16.8 Å². The number of fused-ring (bicyclic) bond motifs is 1. The minimum absolute atomic E-state index is 0.297. The van der Waals surface area contributed by atoms with E-state index in [4.69, 9.17) is 25.0 Å². The number of carbonyl (C=O) groups excluding carboxylic acids is 1. The van der Waals surface area contributed by atoms with Crippen LogP contribution in [0.5, 0.6) is 5.88 Å². The summed E-state index contributed by atoms with van der Waals surface area (Å²) in [5.41, 5.74) is 12.3. The third-order valence-corrected chi connectivity index (χ3v) is 6.10. The van der Waals surface area contributed by atoms with Crippen LogP contribution in [0.2, 0.25) is 0 Å². The number of aromatic nitrogens is 1. The van der Waals surface area contributed by atoms with Crippen LogP contribution >= 0.6 is 0 Å². The van der Waals surface area contributed by atoms with Crippen LogP contribution in [0.4, 0.5) is 4.39 Å². The van der Waals surface area contributed by atoms with Crippen LogP contribution in [0, 0.1) is 5.82 Å². The second kappa shape index (κ2) is 9.34. The number of nitrogens with zero attached hydrogens (tertiary/aromatic N) is 3. The van der Waals surface area contributed by atoms with E-state index in [-0.39, 0.29) is 6.04 Å². The van der Waals surface area contributed by atoms with Crippen LogP contribution in [0.25, 0.3) is 11.3 Å². The Balaban J connectivity index is 1.55. The van der Waals surface area contributed by atoms with E-state index in [9.17, 15) is 9.18 Å². The fourth-order valence-corrected chi connectivity index (χ4v) is 4.48. The van der Waals surface area contributed by atoms with Crippen LogP contribution < -0.4 is 21.3 Å². The summed E-state index contributed by atoms with van der Waals surface area (Å²) in [5, 5.41) is 3.02. The average Bonchev–Trinajstić information content (AvgIpc) is 3.26. The number of halogens is 1. The largest absolute Gasteiger partial charge is 0.481 e. The fraction of sp³-hybridized carbons (Fsp3) is 0.333. The van der Waals surface area contributed by atoms with Gasteiger partial charge in [0.1, 0.15) is 5.82 Å². The molecule has 1 fully saturated rings. The SMILES string of the molecule is COc1cccc(-c2cc(F)ccc2[C@H]2CC3N=C(N)NC(C)=C3C(NOC3CCOC3=O)=N2)n1. The molecule has 4 N–H and O–H groups in total. The van der Waals surface area contributed by atoms with Gasteiger partial charge >= 0.3 is 5.97 Å². The van der Waals surface area contributed by atoms with E-state index >= 15 is 0 Å². The molecule has 35 heavy (non-hydrogen) atoms. The molecule has 182 valence electrons. The zero-order chi connectivity index (χ0) is 24.5. The lowest BCUT2D eigenvalue weighted by Gasteiger charge is -2.33. The number of guanidine groups is 1. The second-order valence-electron chi connectivity index (χ2n) is 8.38. The molecule has 11 heteroatoms. The summed E-state index contributed by atoms with van der Waals surface area (Å²) in [5.74, 6) is 0.309. The summed E-state index contributed by atoms with van der Waals surface area (Å²) >= 11 is 0. The summed E-state index contributed by atoms with van der Waals surface area (Å²) in [7, 11) is 1.53. The highest BCUT2D eigenvalue weighted by Crippen LogP contribution is 2.39. The molecule has 2 unspecified atom stereocenters. The highest BCUT2D eigenvalue weighted by Gasteiger charge is 2.36. The molecule has 2 aromatic rings. The van der Waals surface area contributed by atoms with Crippen molar-refractivity contribution in [2.24, 2.45) is 15.7 Å². The molecule has 0 spiro atoms. The number of hydroxylamine groups is 1. The maximum atomic E-state index is 14.3. The molecule has 3 aliphatic rings. The zero-order valence-electron chi connectivity index (χ0n) is 19.2. The van der Waals surface area contributed by atoms with Gasteiger partial charge in [-0.05, 0) is 30.7 Å². The molecule has 0 bridgehead atoms. The summed E-state index contributed by atoms with van der Waals surface area (Å²) < 4.78 is 24.6. The topological polar surface area (TPSA) is 132 Å². The normalized spacial score (nSPS) is 23.6. The van der Waals surface area contributed by atoms with Crippen molar-refractivity contribution in [2.45, 2.75) is 38.0 Å². The van der Waals surface area contributed by atoms with Gasteiger partial charge in [0, 0.05) is 35.7 Å². The van der Waals surface area contributed by atoms with Gasteiger partial charge in [-0.3, -0.25) is 9.83 Å². The smallest absolute Gasteiger partial charge is 0.338 e. The Hall–Kier alpha value is -3.99. The number of amidine groups is 1. The van der Waals surface area contributed by atoms with Gasteiger partial charge in [0.25, 0.3) is 0 Å². The van der Waals surface area contributed by atoms with Gasteiger partial charge in [-0.2, -0.15) is 0 Å². The average molecular weight is 481 g/mol. The minimum atomic E-state index is -0.732. The van der Waals surface area contributed by atoms with Gasteiger partial charge in [0.05, 0.1) is 31.5 Å². The number of benzene rings is 1. The first-order valence-corrected chi connectivity index (χ1v) is 11.2. The van der Waals surface area contributed by atoms with Crippen molar-refractivity contribution in [3.8, 4) is 17.1 Å². The monoisotopic (exact) mass is 480 g/mol. The lowest BCUT2D eigenvalue weighted by molar-refractivity contribution is -0.149. The molecule has 0 amide bonds. The Morgan fingerprint density at radius 1 is 1.23 bits per heavy atom. The number of rotatable bonds is 5. The Morgan fingerprint density at radius 2 is 2.09 bits per heavy atom. The first-order valence-electron chi connectivity index (χ1n) is 11.2. The number of methoxy groups -OCH3 is 1. The second-order valence-corrected chi connectivity index (χ2v) is 8.38.